The predicted octanol–water partition coefficient (Wildman–Crippen LogP) is 1.28. The molecule has 1 amide bonds. The number of aromatic nitrogens is 4. The zero-order valence-corrected chi connectivity index (χ0v) is 16.0. The average Bonchev–Trinajstić information content (AvgIpc) is 3.18. The summed E-state index contributed by atoms with van der Waals surface area (Å²) in [5.74, 6) is 0.936. The SMILES string of the molecule is CN(CC(=O)Nc1ccc(Oc2ccc(-n3cccn3)nn2)cc1)S(C)(=O)=O. The first kappa shape index (κ1) is 19.5. The number of hydrogen-bond acceptors (Lipinski definition) is 7. The third kappa shape index (κ3) is 5.11. The van der Waals surface area contributed by atoms with Crippen LogP contribution in [0.15, 0.2) is 54.9 Å². The van der Waals surface area contributed by atoms with E-state index in [9.17, 15) is 13.2 Å². The van der Waals surface area contributed by atoms with Crippen molar-refractivity contribution < 1.29 is 17.9 Å². The number of amides is 1. The highest BCUT2D eigenvalue weighted by atomic mass is 32.2. The van der Waals surface area contributed by atoms with Crippen molar-refractivity contribution in [2.45, 2.75) is 0 Å². The first-order chi connectivity index (χ1) is 13.3. The van der Waals surface area contributed by atoms with Crippen LogP contribution in [0.3, 0.4) is 0 Å². The Kier molecular flexibility index (Phi) is 5.66. The van der Waals surface area contributed by atoms with Gasteiger partial charge in [0.1, 0.15) is 5.75 Å². The molecular formula is C17H18N6O4S. The molecule has 2 heterocycles. The van der Waals surface area contributed by atoms with Crippen molar-refractivity contribution in [3.63, 3.8) is 0 Å². The molecule has 0 radical (unpaired) electrons. The molecule has 0 atom stereocenters. The van der Waals surface area contributed by atoms with E-state index in [-0.39, 0.29) is 6.54 Å². The number of rotatable bonds is 7. The Morgan fingerprint density at radius 3 is 2.50 bits per heavy atom. The van der Waals surface area contributed by atoms with E-state index in [0.717, 1.165) is 10.6 Å². The lowest BCUT2D eigenvalue weighted by molar-refractivity contribution is -0.116. The summed E-state index contributed by atoms with van der Waals surface area (Å²) in [4.78, 5) is 11.9. The molecule has 0 aliphatic carbocycles. The van der Waals surface area contributed by atoms with E-state index in [2.05, 4.69) is 20.6 Å². The zero-order valence-electron chi connectivity index (χ0n) is 15.2. The Labute approximate surface area is 161 Å². The van der Waals surface area contributed by atoms with Gasteiger partial charge in [0, 0.05) is 31.2 Å². The van der Waals surface area contributed by atoms with Crippen LogP contribution >= 0.6 is 0 Å². The number of hydrogen-bond donors (Lipinski definition) is 1. The summed E-state index contributed by atoms with van der Waals surface area (Å²) >= 11 is 0. The molecule has 11 heteroatoms. The van der Waals surface area contributed by atoms with Gasteiger partial charge < -0.3 is 10.1 Å². The minimum Gasteiger partial charge on any atom is -0.438 e. The second kappa shape index (κ2) is 8.15. The molecule has 10 nitrogen and oxygen atoms in total. The third-order valence-electron chi connectivity index (χ3n) is 3.66. The van der Waals surface area contributed by atoms with Crippen LogP contribution in [0.1, 0.15) is 0 Å². The number of likely N-dealkylation sites (N-methyl/N-ethyl adjacent to an activating group) is 1. The fraction of sp³-hybridized carbons (Fsp3) is 0.176. The summed E-state index contributed by atoms with van der Waals surface area (Å²) in [6.07, 6.45) is 4.44. The lowest BCUT2D eigenvalue weighted by Crippen LogP contribution is -2.34. The van der Waals surface area contributed by atoms with Crippen molar-refractivity contribution >= 4 is 21.6 Å². The maximum absolute atomic E-state index is 11.9. The summed E-state index contributed by atoms with van der Waals surface area (Å²) in [5, 5.41) is 14.7. The Morgan fingerprint density at radius 1 is 1.18 bits per heavy atom. The minimum atomic E-state index is -3.41. The molecule has 0 aliphatic rings. The van der Waals surface area contributed by atoms with E-state index in [1.54, 1.807) is 59.5 Å². The Balaban J connectivity index is 1.58. The van der Waals surface area contributed by atoms with Gasteiger partial charge in [-0.05, 0) is 36.4 Å². The van der Waals surface area contributed by atoms with Crippen LogP contribution in [0.25, 0.3) is 5.82 Å². The van der Waals surface area contributed by atoms with Crippen LogP contribution in [-0.4, -0.2) is 58.5 Å². The van der Waals surface area contributed by atoms with Gasteiger partial charge in [-0.2, -0.15) is 9.40 Å². The molecule has 0 unspecified atom stereocenters. The molecule has 3 aromatic rings. The minimum absolute atomic E-state index is 0.269. The summed E-state index contributed by atoms with van der Waals surface area (Å²) in [6.45, 7) is -0.269. The molecule has 0 fully saturated rings. The van der Waals surface area contributed by atoms with Crippen LogP contribution < -0.4 is 10.1 Å². The van der Waals surface area contributed by atoms with Gasteiger partial charge in [0.15, 0.2) is 5.82 Å². The predicted molar refractivity (Wildman–Crippen MR) is 102 cm³/mol. The number of sulfonamides is 1. The molecular weight excluding hydrogens is 384 g/mol. The highest BCUT2D eigenvalue weighted by Crippen LogP contribution is 2.21. The number of ether oxygens (including phenoxy) is 1. The molecule has 1 aromatic carbocycles. The molecule has 1 N–H and O–H groups in total. The summed E-state index contributed by atoms with van der Waals surface area (Å²) < 4.78 is 30.8. The van der Waals surface area contributed by atoms with E-state index in [1.165, 1.54) is 7.05 Å². The molecule has 0 saturated heterocycles. The molecule has 0 spiro atoms. The molecule has 28 heavy (non-hydrogen) atoms. The molecule has 3 rings (SSSR count). The lowest BCUT2D eigenvalue weighted by atomic mass is 10.3. The fourth-order valence-electron chi connectivity index (χ4n) is 2.14. The summed E-state index contributed by atoms with van der Waals surface area (Å²) in [5.41, 5.74) is 0.513. The smallest absolute Gasteiger partial charge is 0.239 e. The van der Waals surface area contributed by atoms with Gasteiger partial charge in [0.05, 0.1) is 12.8 Å². The van der Waals surface area contributed by atoms with Gasteiger partial charge in [-0.25, -0.2) is 13.1 Å². The van der Waals surface area contributed by atoms with Crippen molar-refractivity contribution in [3.05, 3.63) is 54.9 Å². The van der Waals surface area contributed by atoms with Crippen molar-refractivity contribution in [2.75, 3.05) is 25.2 Å². The van der Waals surface area contributed by atoms with Crippen molar-refractivity contribution in [1.29, 1.82) is 0 Å². The van der Waals surface area contributed by atoms with Gasteiger partial charge >= 0.3 is 0 Å². The third-order valence-corrected chi connectivity index (χ3v) is 4.92. The number of carbonyl (C=O) groups is 1. The molecule has 0 bridgehead atoms. The fourth-order valence-corrected chi connectivity index (χ4v) is 2.49. The van der Waals surface area contributed by atoms with Crippen LogP contribution in [0.4, 0.5) is 5.69 Å². The normalized spacial score (nSPS) is 11.4. The van der Waals surface area contributed by atoms with E-state index in [0.29, 0.717) is 23.1 Å². The number of carbonyl (C=O) groups excluding carboxylic acids is 1. The van der Waals surface area contributed by atoms with Crippen LogP contribution in [-0.2, 0) is 14.8 Å². The molecule has 0 aliphatic heterocycles. The molecule has 0 saturated carbocycles. The second-order valence-electron chi connectivity index (χ2n) is 5.87. The quantitative estimate of drug-likeness (QED) is 0.632. The van der Waals surface area contributed by atoms with Crippen LogP contribution in [0.5, 0.6) is 11.6 Å². The van der Waals surface area contributed by atoms with Gasteiger partial charge in [0.25, 0.3) is 0 Å². The number of nitrogens with one attached hydrogen (secondary N) is 1. The van der Waals surface area contributed by atoms with E-state index in [1.807, 2.05) is 0 Å². The Hall–Kier alpha value is -3.31. The van der Waals surface area contributed by atoms with E-state index in [4.69, 9.17) is 4.74 Å². The van der Waals surface area contributed by atoms with Crippen LogP contribution in [0.2, 0.25) is 0 Å². The highest BCUT2D eigenvalue weighted by Gasteiger charge is 2.15. The second-order valence-corrected chi connectivity index (χ2v) is 7.96. The van der Waals surface area contributed by atoms with E-state index >= 15 is 0 Å². The Morgan fingerprint density at radius 2 is 1.93 bits per heavy atom. The van der Waals surface area contributed by atoms with Crippen molar-refractivity contribution in [3.8, 4) is 17.4 Å². The number of benzene rings is 1. The van der Waals surface area contributed by atoms with Gasteiger partial charge in [-0.1, -0.05) is 0 Å². The highest BCUT2D eigenvalue weighted by molar-refractivity contribution is 7.88. The Bertz CT molecular complexity index is 1030. The topological polar surface area (TPSA) is 119 Å². The standard InChI is InChI=1S/C17H18N6O4S/c1-22(28(2,25)26)12-16(24)19-13-4-6-14(7-5-13)27-17-9-8-15(20-21-17)23-11-3-10-18-23/h3-11H,12H2,1-2H3,(H,19,24). The van der Waals surface area contributed by atoms with Gasteiger partial charge in [-0.3, -0.25) is 4.79 Å². The maximum Gasteiger partial charge on any atom is 0.239 e. The first-order valence-corrected chi connectivity index (χ1v) is 9.99. The zero-order chi connectivity index (χ0) is 20.1. The number of anilines is 1. The number of nitrogens with zero attached hydrogens (tertiary/aromatic N) is 5. The molecule has 146 valence electrons. The monoisotopic (exact) mass is 402 g/mol. The summed E-state index contributed by atoms with van der Waals surface area (Å²) in [6, 6.07) is 11.8. The lowest BCUT2D eigenvalue weighted by Gasteiger charge is -2.13. The largest absolute Gasteiger partial charge is 0.438 e. The summed E-state index contributed by atoms with van der Waals surface area (Å²) in [7, 11) is -2.08. The van der Waals surface area contributed by atoms with Crippen molar-refractivity contribution in [2.24, 2.45) is 0 Å². The van der Waals surface area contributed by atoms with Crippen LogP contribution in [0, 0.1) is 0 Å². The first-order valence-electron chi connectivity index (χ1n) is 8.14. The average molecular weight is 402 g/mol. The van der Waals surface area contributed by atoms with Gasteiger partial charge in [0.2, 0.25) is 21.8 Å². The van der Waals surface area contributed by atoms with E-state index < -0.39 is 15.9 Å². The molecule has 2 aromatic heterocycles. The maximum atomic E-state index is 11.9. The van der Waals surface area contributed by atoms with Crippen molar-refractivity contribution in [1.82, 2.24) is 24.3 Å². The van der Waals surface area contributed by atoms with Gasteiger partial charge in [-0.15, -0.1) is 10.2 Å².